The Hall–Kier alpha value is -1.17. The lowest BCUT2D eigenvalue weighted by molar-refractivity contribution is 0.755. The van der Waals surface area contributed by atoms with Gasteiger partial charge in [0.05, 0.1) is 10.7 Å². The number of aromatic nitrogens is 4. The Morgan fingerprint density at radius 2 is 2.12 bits per heavy atom. The highest BCUT2D eigenvalue weighted by atomic mass is 35.5. The predicted octanol–water partition coefficient (Wildman–Crippen LogP) is 1.47. The number of nitrogens with two attached hydrogens (primary N) is 1. The van der Waals surface area contributed by atoms with Gasteiger partial charge in [0, 0.05) is 11.4 Å². The normalized spacial score (nSPS) is 10.7. The van der Waals surface area contributed by atoms with Gasteiger partial charge in [-0.2, -0.15) is 4.68 Å². The molecule has 2 rings (SSSR count). The number of halogens is 2. The summed E-state index contributed by atoms with van der Waals surface area (Å²) >= 11 is 11.9. The van der Waals surface area contributed by atoms with Crippen LogP contribution < -0.4 is 5.73 Å². The summed E-state index contributed by atoms with van der Waals surface area (Å²) in [6.45, 7) is 0.478. The van der Waals surface area contributed by atoms with Gasteiger partial charge >= 0.3 is 0 Å². The first-order valence-electron chi connectivity index (χ1n) is 4.65. The van der Waals surface area contributed by atoms with Gasteiger partial charge in [0.15, 0.2) is 5.82 Å². The number of nitrogens with zero attached hydrogens (tertiary/aromatic N) is 4. The van der Waals surface area contributed by atoms with Crippen molar-refractivity contribution in [1.29, 1.82) is 0 Å². The summed E-state index contributed by atoms with van der Waals surface area (Å²) in [7, 11) is 0. The van der Waals surface area contributed by atoms with Gasteiger partial charge in [0.1, 0.15) is 0 Å². The van der Waals surface area contributed by atoms with Gasteiger partial charge in [0.25, 0.3) is 0 Å². The van der Waals surface area contributed by atoms with Gasteiger partial charge < -0.3 is 5.73 Å². The molecule has 5 nitrogen and oxygen atoms in total. The van der Waals surface area contributed by atoms with Gasteiger partial charge in [-0.05, 0) is 35.2 Å². The molecule has 7 heteroatoms. The standard InChI is InChI=1S/C9H9Cl2N5/c10-6-1-2-8(7(11)5-6)16-9(3-4-12)13-14-15-16/h1-2,5H,3-4,12H2. The van der Waals surface area contributed by atoms with Gasteiger partial charge in [0.2, 0.25) is 0 Å². The second-order valence-corrected chi connectivity index (χ2v) is 3.98. The van der Waals surface area contributed by atoms with Crippen molar-refractivity contribution >= 4 is 23.2 Å². The van der Waals surface area contributed by atoms with Crippen LogP contribution in [0.3, 0.4) is 0 Å². The molecule has 0 aliphatic carbocycles. The first-order chi connectivity index (χ1) is 7.72. The van der Waals surface area contributed by atoms with Crippen LogP contribution in [-0.2, 0) is 6.42 Å². The monoisotopic (exact) mass is 257 g/mol. The van der Waals surface area contributed by atoms with Gasteiger partial charge in [-0.1, -0.05) is 23.2 Å². The molecule has 0 saturated heterocycles. The van der Waals surface area contributed by atoms with Crippen LogP contribution in [0.25, 0.3) is 5.69 Å². The molecule has 0 saturated carbocycles. The van der Waals surface area contributed by atoms with E-state index in [1.807, 2.05) is 0 Å². The van der Waals surface area contributed by atoms with Crippen molar-refractivity contribution in [3.8, 4) is 5.69 Å². The fraction of sp³-hybridized carbons (Fsp3) is 0.222. The Morgan fingerprint density at radius 1 is 1.31 bits per heavy atom. The summed E-state index contributed by atoms with van der Waals surface area (Å²) in [5.74, 6) is 0.673. The molecule has 0 bridgehead atoms. The average Bonchev–Trinajstić information content (AvgIpc) is 2.67. The second kappa shape index (κ2) is 4.78. The summed E-state index contributed by atoms with van der Waals surface area (Å²) in [4.78, 5) is 0. The Morgan fingerprint density at radius 3 is 2.81 bits per heavy atom. The summed E-state index contributed by atoms with van der Waals surface area (Å²) in [6.07, 6.45) is 0.589. The van der Waals surface area contributed by atoms with E-state index in [9.17, 15) is 0 Å². The summed E-state index contributed by atoms with van der Waals surface area (Å²) in [5.41, 5.74) is 6.16. The highest BCUT2D eigenvalue weighted by molar-refractivity contribution is 6.35. The van der Waals surface area contributed by atoms with Gasteiger partial charge in [-0.15, -0.1) is 5.10 Å². The molecular formula is C9H9Cl2N5. The lowest BCUT2D eigenvalue weighted by Gasteiger charge is -2.05. The SMILES string of the molecule is NCCc1nnnn1-c1ccc(Cl)cc1Cl. The van der Waals surface area contributed by atoms with E-state index in [2.05, 4.69) is 15.5 Å². The lowest BCUT2D eigenvalue weighted by atomic mass is 10.3. The Labute approximate surface area is 102 Å². The van der Waals surface area contributed by atoms with Crippen LogP contribution in [0.1, 0.15) is 5.82 Å². The fourth-order valence-corrected chi connectivity index (χ4v) is 1.82. The van der Waals surface area contributed by atoms with Crippen LogP contribution in [-0.4, -0.2) is 26.8 Å². The van der Waals surface area contributed by atoms with E-state index in [-0.39, 0.29) is 0 Å². The van der Waals surface area contributed by atoms with Crippen LogP contribution in [0, 0.1) is 0 Å². The van der Waals surface area contributed by atoms with E-state index < -0.39 is 0 Å². The van der Waals surface area contributed by atoms with Crippen molar-refractivity contribution in [1.82, 2.24) is 20.2 Å². The van der Waals surface area contributed by atoms with E-state index in [0.29, 0.717) is 34.5 Å². The van der Waals surface area contributed by atoms with Crippen LogP contribution >= 0.6 is 23.2 Å². The van der Waals surface area contributed by atoms with Crippen LogP contribution in [0.4, 0.5) is 0 Å². The third-order valence-electron chi connectivity index (χ3n) is 2.04. The molecule has 0 fully saturated rings. The fourth-order valence-electron chi connectivity index (χ4n) is 1.33. The number of tetrazole rings is 1. The molecule has 0 radical (unpaired) electrons. The van der Waals surface area contributed by atoms with Crippen molar-refractivity contribution in [3.05, 3.63) is 34.1 Å². The van der Waals surface area contributed by atoms with Crippen molar-refractivity contribution in [2.75, 3.05) is 6.54 Å². The van der Waals surface area contributed by atoms with E-state index in [1.165, 1.54) is 0 Å². The highest BCUT2D eigenvalue weighted by Crippen LogP contribution is 2.24. The largest absolute Gasteiger partial charge is 0.330 e. The number of hydrogen-bond acceptors (Lipinski definition) is 4. The van der Waals surface area contributed by atoms with E-state index in [0.717, 1.165) is 0 Å². The molecule has 2 aromatic rings. The van der Waals surface area contributed by atoms with E-state index >= 15 is 0 Å². The zero-order chi connectivity index (χ0) is 11.5. The minimum atomic E-state index is 0.478. The third-order valence-corrected chi connectivity index (χ3v) is 2.58. The number of rotatable bonds is 3. The molecular weight excluding hydrogens is 249 g/mol. The Bertz CT molecular complexity index is 496. The maximum absolute atomic E-state index is 6.06. The van der Waals surface area contributed by atoms with Crippen molar-refractivity contribution < 1.29 is 0 Å². The summed E-state index contributed by atoms with van der Waals surface area (Å²) in [6, 6.07) is 5.14. The van der Waals surface area contributed by atoms with Crippen LogP contribution in [0.2, 0.25) is 10.0 Å². The van der Waals surface area contributed by atoms with Crippen LogP contribution in [0.15, 0.2) is 18.2 Å². The average molecular weight is 258 g/mol. The van der Waals surface area contributed by atoms with E-state index in [1.54, 1.807) is 22.9 Å². The predicted molar refractivity (Wildman–Crippen MR) is 61.9 cm³/mol. The first kappa shape index (κ1) is 11.3. The molecule has 0 unspecified atom stereocenters. The van der Waals surface area contributed by atoms with Crippen LogP contribution in [0.5, 0.6) is 0 Å². The lowest BCUT2D eigenvalue weighted by Crippen LogP contribution is -2.10. The molecule has 1 aromatic heterocycles. The smallest absolute Gasteiger partial charge is 0.158 e. The zero-order valence-corrected chi connectivity index (χ0v) is 9.78. The van der Waals surface area contributed by atoms with Crippen molar-refractivity contribution in [3.63, 3.8) is 0 Å². The molecule has 0 aliphatic rings. The van der Waals surface area contributed by atoms with Gasteiger partial charge in [-0.3, -0.25) is 0 Å². The molecule has 1 heterocycles. The first-order valence-corrected chi connectivity index (χ1v) is 5.40. The molecule has 2 N–H and O–H groups in total. The second-order valence-electron chi connectivity index (χ2n) is 3.14. The number of hydrogen-bond donors (Lipinski definition) is 1. The van der Waals surface area contributed by atoms with E-state index in [4.69, 9.17) is 28.9 Å². The molecule has 0 spiro atoms. The molecule has 16 heavy (non-hydrogen) atoms. The minimum absolute atomic E-state index is 0.478. The molecule has 0 aliphatic heterocycles. The Balaban J connectivity index is 2.46. The maximum atomic E-state index is 6.06. The Kier molecular flexibility index (Phi) is 3.38. The number of benzene rings is 1. The molecule has 0 amide bonds. The highest BCUT2D eigenvalue weighted by Gasteiger charge is 2.10. The van der Waals surface area contributed by atoms with Crippen molar-refractivity contribution in [2.45, 2.75) is 6.42 Å². The topological polar surface area (TPSA) is 69.6 Å². The van der Waals surface area contributed by atoms with Crippen molar-refractivity contribution in [2.24, 2.45) is 5.73 Å². The molecule has 0 atom stereocenters. The third kappa shape index (κ3) is 2.16. The van der Waals surface area contributed by atoms with Gasteiger partial charge in [-0.25, -0.2) is 0 Å². The zero-order valence-electron chi connectivity index (χ0n) is 8.27. The minimum Gasteiger partial charge on any atom is -0.330 e. The quantitative estimate of drug-likeness (QED) is 0.905. The molecule has 1 aromatic carbocycles. The maximum Gasteiger partial charge on any atom is 0.158 e. The summed E-state index contributed by atoms with van der Waals surface area (Å²) < 4.78 is 1.56. The molecule has 84 valence electrons. The summed E-state index contributed by atoms with van der Waals surface area (Å²) in [5, 5.41) is 12.4.